The van der Waals surface area contributed by atoms with Gasteiger partial charge in [0.15, 0.2) is 11.3 Å². The maximum atomic E-state index is 12.5. The third-order valence-corrected chi connectivity index (χ3v) is 3.57. The van der Waals surface area contributed by atoms with Crippen molar-refractivity contribution in [2.45, 2.75) is 40.5 Å². The molecule has 0 saturated heterocycles. The van der Waals surface area contributed by atoms with Gasteiger partial charge >= 0.3 is 0 Å². The Morgan fingerprint density at radius 3 is 2.83 bits per heavy atom. The highest BCUT2D eigenvalue weighted by Gasteiger charge is 2.15. The van der Waals surface area contributed by atoms with Gasteiger partial charge in [-0.2, -0.15) is 0 Å². The van der Waals surface area contributed by atoms with Gasteiger partial charge in [0.05, 0.1) is 12.3 Å². The van der Waals surface area contributed by atoms with E-state index >= 15 is 0 Å². The molecule has 2 aromatic heterocycles. The average Bonchev–Trinajstić information content (AvgIpc) is 2.87. The van der Waals surface area contributed by atoms with Crippen molar-refractivity contribution < 1.29 is 4.74 Å². The minimum absolute atomic E-state index is 0.219. The van der Waals surface area contributed by atoms with Crippen LogP contribution in [0.1, 0.15) is 44.5 Å². The van der Waals surface area contributed by atoms with E-state index in [1.807, 2.05) is 20.8 Å². The van der Waals surface area contributed by atoms with Gasteiger partial charge in [0.2, 0.25) is 0 Å². The Kier molecular flexibility index (Phi) is 5.59. The summed E-state index contributed by atoms with van der Waals surface area (Å²) < 4.78 is 7.24. The highest BCUT2D eigenvalue weighted by atomic mass is 16.5. The predicted molar refractivity (Wildman–Crippen MR) is 94.5 cm³/mol. The van der Waals surface area contributed by atoms with E-state index in [1.165, 1.54) is 0 Å². The molecule has 0 amide bonds. The molecule has 1 N–H and O–H groups in total. The summed E-state index contributed by atoms with van der Waals surface area (Å²) >= 11 is 0. The van der Waals surface area contributed by atoms with Crippen LogP contribution in [0.15, 0.2) is 22.7 Å². The zero-order valence-corrected chi connectivity index (χ0v) is 14.5. The van der Waals surface area contributed by atoms with Crippen LogP contribution in [-0.2, 0) is 11.2 Å². The molecule has 6 nitrogen and oxygen atoms in total. The predicted octanol–water partition coefficient (Wildman–Crippen LogP) is 2.64. The van der Waals surface area contributed by atoms with Crippen molar-refractivity contribution in [3.8, 4) is 12.3 Å². The molecular formula is C18H22N4O2. The van der Waals surface area contributed by atoms with Gasteiger partial charge in [-0.05, 0) is 39.3 Å². The van der Waals surface area contributed by atoms with Gasteiger partial charge in [-0.1, -0.05) is 12.8 Å². The van der Waals surface area contributed by atoms with Crippen molar-refractivity contribution in [3.63, 3.8) is 0 Å². The number of aromatic nitrogens is 4. The summed E-state index contributed by atoms with van der Waals surface area (Å²) in [6.45, 7) is 8.08. The Morgan fingerprint density at radius 1 is 1.46 bits per heavy atom. The molecule has 126 valence electrons. The Labute approximate surface area is 141 Å². The molecule has 24 heavy (non-hydrogen) atoms. The molecule has 0 aliphatic carbocycles. The summed E-state index contributed by atoms with van der Waals surface area (Å²) in [6.07, 6.45) is 10.2. The lowest BCUT2D eigenvalue weighted by Gasteiger charge is -2.09. The molecule has 0 fully saturated rings. The molecule has 0 saturated carbocycles. The molecule has 0 spiro atoms. The van der Waals surface area contributed by atoms with Gasteiger partial charge in [0.1, 0.15) is 11.6 Å². The van der Waals surface area contributed by atoms with Crippen LogP contribution in [0.3, 0.4) is 0 Å². The third kappa shape index (κ3) is 3.40. The first-order valence-electron chi connectivity index (χ1n) is 7.98. The monoisotopic (exact) mass is 326 g/mol. The number of imidazole rings is 1. The fourth-order valence-electron chi connectivity index (χ4n) is 2.47. The Morgan fingerprint density at radius 2 is 2.21 bits per heavy atom. The summed E-state index contributed by atoms with van der Waals surface area (Å²) in [7, 11) is 0. The van der Waals surface area contributed by atoms with Crippen molar-refractivity contribution in [2.24, 2.45) is 0 Å². The van der Waals surface area contributed by atoms with E-state index in [2.05, 4.69) is 27.9 Å². The second-order valence-corrected chi connectivity index (χ2v) is 5.35. The number of aromatic amines is 1. The number of aryl methyl sites for hydroxylation is 2. The average molecular weight is 326 g/mol. The molecule has 0 radical (unpaired) electrons. The van der Waals surface area contributed by atoms with Gasteiger partial charge in [-0.25, -0.2) is 9.50 Å². The van der Waals surface area contributed by atoms with Crippen LogP contribution in [0.25, 0.3) is 11.1 Å². The molecule has 2 rings (SSSR count). The Balaban J connectivity index is 2.68. The standard InChI is InChI=1S/C18H22N4O2/c1-6-9-11-14(24-8-3)12(4)17-20-18(23)16-13(5)19-15(10-7-2)22(16)21-17/h1,9,11H,7-8,10H2,2-5H3,(H,20,21,23)/b11-9-,14-12-. The number of terminal acetylenes is 1. The highest BCUT2D eigenvalue weighted by Crippen LogP contribution is 2.17. The van der Waals surface area contributed by atoms with E-state index in [4.69, 9.17) is 11.2 Å². The number of nitrogens with one attached hydrogen (secondary N) is 1. The molecule has 0 unspecified atom stereocenters. The smallest absolute Gasteiger partial charge is 0.277 e. The summed E-state index contributed by atoms with van der Waals surface area (Å²) in [5.74, 6) is 4.22. The highest BCUT2D eigenvalue weighted by molar-refractivity contribution is 5.63. The maximum Gasteiger partial charge on any atom is 0.277 e. The van der Waals surface area contributed by atoms with Crippen LogP contribution < -0.4 is 5.56 Å². The van der Waals surface area contributed by atoms with Crippen molar-refractivity contribution in [2.75, 3.05) is 6.61 Å². The lowest BCUT2D eigenvalue weighted by atomic mass is 10.2. The second-order valence-electron chi connectivity index (χ2n) is 5.35. The van der Waals surface area contributed by atoms with Crippen molar-refractivity contribution in [1.82, 2.24) is 19.6 Å². The first-order valence-corrected chi connectivity index (χ1v) is 7.98. The summed E-state index contributed by atoms with van der Waals surface area (Å²) in [5, 5.41) is 4.56. The summed E-state index contributed by atoms with van der Waals surface area (Å²) in [4.78, 5) is 19.7. The maximum absolute atomic E-state index is 12.5. The van der Waals surface area contributed by atoms with Gasteiger partial charge in [-0.15, -0.1) is 11.5 Å². The largest absolute Gasteiger partial charge is 0.493 e. The summed E-state index contributed by atoms with van der Waals surface area (Å²) in [5.41, 5.74) is 1.64. The van der Waals surface area contributed by atoms with E-state index in [9.17, 15) is 4.79 Å². The SMILES string of the molecule is C#C/C=C\C(OCC)=C(/C)c1nn2c(CCC)nc(C)c2c(=O)[nH]1. The first-order chi connectivity index (χ1) is 11.5. The molecule has 0 aliphatic rings. The van der Waals surface area contributed by atoms with Crippen molar-refractivity contribution >= 4 is 11.1 Å². The number of hydrogen-bond acceptors (Lipinski definition) is 4. The van der Waals surface area contributed by atoms with Crippen molar-refractivity contribution in [1.29, 1.82) is 0 Å². The van der Waals surface area contributed by atoms with Crippen LogP contribution in [0, 0.1) is 19.3 Å². The lowest BCUT2D eigenvalue weighted by Crippen LogP contribution is -2.17. The van der Waals surface area contributed by atoms with Gasteiger partial charge in [0.25, 0.3) is 5.56 Å². The third-order valence-electron chi connectivity index (χ3n) is 3.57. The fraction of sp³-hybridized carbons (Fsp3) is 0.389. The van der Waals surface area contributed by atoms with Gasteiger partial charge in [0, 0.05) is 12.0 Å². The van der Waals surface area contributed by atoms with Crippen LogP contribution >= 0.6 is 0 Å². The number of allylic oxidation sites excluding steroid dienone is 3. The number of nitrogens with zero attached hydrogens (tertiary/aromatic N) is 3. The van der Waals surface area contributed by atoms with Crippen LogP contribution in [0.5, 0.6) is 0 Å². The van der Waals surface area contributed by atoms with E-state index in [-0.39, 0.29) is 5.56 Å². The number of rotatable bonds is 6. The van der Waals surface area contributed by atoms with Crippen LogP contribution in [0.2, 0.25) is 0 Å². The molecule has 2 heterocycles. The fourth-order valence-corrected chi connectivity index (χ4v) is 2.47. The normalized spacial score (nSPS) is 12.5. The van der Waals surface area contributed by atoms with E-state index in [0.29, 0.717) is 35.0 Å². The number of H-pyrrole nitrogens is 1. The second kappa shape index (κ2) is 7.64. The molecule has 0 bridgehead atoms. The number of hydrogen-bond donors (Lipinski definition) is 1. The summed E-state index contributed by atoms with van der Waals surface area (Å²) in [6, 6.07) is 0. The molecule has 0 atom stereocenters. The molecule has 2 aromatic rings. The molecule has 0 aliphatic heterocycles. The molecule has 6 heteroatoms. The van der Waals surface area contributed by atoms with Crippen molar-refractivity contribution in [3.05, 3.63) is 45.6 Å². The Bertz CT molecular complexity index is 894. The topological polar surface area (TPSA) is 72.3 Å². The van der Waals surface area contributed by atoms with Gasteiger partial charge < -0.3 is 9.72 Å². The zero-order chi connectivity index (χ0) is 17.7. The number of ether oxygens (including phenoxy) is 1. The zero-order valence-electron chi connectivity index (χ0n) is 14.5. The minimum atomic E-state index is -0.219. The quantitative estimate of drug-likeness (QED) is 0.503. The van der Waals surface area contributed by atoms with E-state index in [0.717, 1.165) is 18.7 Å². The van der Waals surface area contributed by atoms with Gasteiger partial charge in [-0.3, -0.25) is 4.79 Å². The minimum Gasteiger partial charge on any atom is -0.493 e. The molecule has 0 aromatic carbocycles. The first kappa shape index (κ1) is 17.5. The Hall–Kier alpha value is -2.81. The molecular weight excluding hydrogens is 304 g/mol. The van der Waals surface area contributed by atoms with E-state index in [1.54, 1.807) is 16.7 Å². The number of fused-ring (bicyclic) bond motifs is 1. The van der Waals surface area contributed by atoms with E-state index < -0.39 is 0 Å². The van der Waals surface area contributed by atoms with Crippen LogP contribution in [-0.4, -0.2) is 26.2 Å². The lowest BCUT2D eigenvalue weighted by molar-refractivity contribution is 0.244. The van der Waals surface area contributed by atoms with Crippen LogP contribution in [0.4, 0.5) is 0 Å².